The Morgan fingerprint density at radius 1 is 1.00 bits per heavy atom. The lowest BCUT2D eigenvalue weighted by atomic mass is 10.0. The molecule has 130 valence electrons. The molecule has 0 radical (unpaired) electrons. The van der Waals surface area contributed by atoms with Crippen molar-refractivity contribution in [2.75, 3.05) is 20.1 Å². The summed E-state index contributed by atoms with van der Waals surface area (Å²) in [6, 6.07) is 19.5. The van der Waals surface area contributed by atoms with Gasteiger partial charge in [0.25, 0.3) is 0 Å². The summed E-state index contributed by atoms with van der Waals surface area (Å²) in [6.07, 6.45) is 2.47. The lowest BCUT2D eigenvalue weighted by Gasteiger charge is -2.31. The van der Waals surface area contributed by atoms with Crippen LogP contribution in [0.1, 0.15) is 24.0 Å². The molecule has 1 aliphatic heterocycles. The summed E-state index contributed by atoms with van der Waals surface area (Å²) < 4.78 is 5.93. The first-order valence-corrected chi connectivity index (χ1v) is 8.49. The van der Waals surface area contributed by atoms with Gasteiger partial charge in [-0.3, -0.25) is 4.90 Å². The minimum Gasteiger partial charge on any atom is -0.489 e. The fourth-order valence-electron chi connectivity index (χ4n) is 3.11. The van der Waals surface area contributed by atoms with Crippen molar-refractivity contribution in [2.45, 2.75) is 32.0 Å². The van der Waals surface area contributed by atoms with Crippen molar-refractivity contribution in [3.63, 3.8) is 0 Å². The van der Waals surface area contributed by atoms with Crippen molar-refractivity contribution >= 4 is 12.4 Å². The summed E-state index contributed by atoms with van der Waals surface area (Å²) in [4.78, 5) is 2.53. The van der Waals surface area contributed by atoms with E-state index in [1.54, 1.807) is 0 Å². The average Bonchev–Trinajstić information content (AvgIpc) is 2.62. The van der Waals surface area contributed by atoms with Crippen LogP contribution in [-0.4, -0.2) is 31.1 Å². The van der Waals surface area contributed by atoms with Gasteiger partial charge < -0.3 is 10.1 Å². The Morgan fingerprint density at radius 2 is 1.71 bits per heavy atom. The average molecular weight is 347 g/mol. The normalized spacial score (nSPS) is 15.7. The molecule has 3 nitrogen and oxygen atoms in total. The molecule has 1 saturated heterocycles. The molecular weight excluding hydrogens is 320 g/mol. The number of halogens is 1. The lowest BCUT2D eigenvalue weighted by molar-refractivity contribution is 0.194. The molecule has 1 fully saturated rings. The number of likely N-dealkylation sites (tertiary alicyclic amines) is 1. The van der Waals surface area contributed by atoms with Crippen LogP contribution in [0, 0.1) is 0 Å². The molecule has 4 heteroatoms. The molecule has 2 aromatic carbocycles. The number of nitrogens with one attached hydrogen (secondary N) is 1. The van der Waals surface area contributed by atoms with Crippen molar-refractivity contribution in [1.82, 2.24) is 10.2 Å². The van der Waals surface area contributed by atoms with Crippen LogP contribution in [0.4, 0.5) is 0 Å². The zero-order valence-electron chi connectivity index (χ0n) is 14.3. The van der Waals surface area contributed by atoms with Crippen LogP contribution in [0.5, 0.6) is 5.75 Å². The van der Waals surface area contributed by atoms with Crippen molar-refractivity contribution in [1.29, 1.82) is 0 Å². The van der Waals surface area contributed by atoms with E-state index in [0.29, 0.717) is 12.6 Å². The Bertz CT molecular complexity index is 598. The van der Waals surface area contributed by atoms with E-state index in [0.717, 1.165) is 12.3 Å². The number of rotatable bonds is 6. The smallest absolute Gasteiger partial charge is 0.120 e. The molecule has 1 heterocycles. The molecule has 0 atom stereocenters. The van der Waals surface area contributed by atoms with E-state index < -0.39 is 0 Å². The molecule has 0 bridgehead atoms. The maximum atomic E-state index is 5.93. The van der Waals surface area contributed by atoms with Crippen LogP contribution in [0.25, 0.3) is 0 Å². The van der Waals surface area contributed by atoms with Crippen LogP contribution in [0.3, 0.4) is 0 Å². The van der Waals surface area contributed by atoms with Crippen molar-refractivity contribution in [3.05, 3.63) is 65.7 Å². The second-order valence-electron chi connectivity index (χ2n) is 6.26. The van der Waals surface area contributed by atoms with Gasteiger partial charge in [-0.25, -0.2) is 0 Å². The number of benzene rings is 2. The third-order valence-corrected chi connectivity index (χ3v) is 4.55. The minimum atomic E-state index is 0. The quantitative estimate of drug-likeness (QED) is 0.859. The van der Waals surface area contributed by atoms with E-state index in [2.05, 4.69) is 47.6 Å². The molecule has 0 aliphatic carbocycles. The zero-order chi connectivity index (χ0) is 15.9. The van der Waals surface area contributed by atoms with Gasteiger partial charge in [0, 0.05) is 12.6 Å². The van der Waals surface area contributed by atoms with Gasteiger partial charge in [0.2, 0.25) is 0 Å². The van der Waals surface area contributed by atoms with E-state index in [4.69, 9.17) is 4.74 Å². The summed E-state index contributed by atoms with van der Waals surface area (Å²) in [5.74, 6) is 0.955. The van der Waals surface area contributed by atoms with E-state index in [1.165, 1.54) is 37.1 Å². The number of ether oxygens (including phenoxy) is 1. The Hall–Kier alpha value is -1.55. The van der Waals surface area contributed by atoms with Crippen LogP contribution in [0.15, 0.2) is 54.6 Å². The molecule has 0 unspecified atom stereocenters. The summed E-state index contributed by atoms with van der Waals surface area (Å²) in [7, 11) is 2.06. The van der Waals surface area contributed by atoms with Crippen LogP contribution < -0.4 is 10.1 Å². The van der Waals surface area contributed by atoms with E-state index in [-0.39, 0.29) is 12.4 Å². The maximum absolute atomic E-state index is 5.93. The first kappa shape index (κ1) is 18.8. The third-order valence-electron chi connectivity index (χ3n) is 4.55. The molecule has 0 aromatic heterocycles. The summed E-state index contributed by atoms with van der Waals surface area (Å²) in [5.41, 5.74) is 2.53. The summed E-state index contributed by atoms with van der Waals surface area (Å²) >= 11 is 0. The maximum Gasteiger partial charge on any atom is 0.120 e. The molecule has 0 amide bonds. The van der Waals surface area contributed by atoms with Crippen LogP contribution in [0.2, 0.25) is 0 Å². The zero-order valence-corrected chi connectivity index (χ0v) is 15.1. The molecule has 3 rings (SSSR count). The van der Waals surface area contributed by atoms with Gasteiger partial charge in [-0.2, -0.15) is 0 Å². The molecule has 2 aromatic rings. The molecule has 1 N–H and O–H groups in total. The van der Waals surface area contributed by atoms with Crippen LogP contribution in [-0.2, 0) is 13.2 Å². The lowest BCUT2D eigenvalue weighted by Crippen LogP contribution is -2.40. The Labute approximate surface area is 151 Å². The Balaban J connectivity index is 0.00000208. The highest BCUT2D eigenvalue weighted by molar-refractivity contribution is 5.85. The van der Waals surface area contributed by atoms with Gasteiger partial charge in [0.15, 0.2) is 0 Å². The SMILES string of the molecule is CNC1CCN(Cc2cccc(OCc3ccccc3)c2)CC1.Cl. The molecule has 1 aliphatic rings. The van der Waals surface area contributed by atoms with Gasteiger partial charge in [-0.1, -0.05) is 42.5 Å². The van der Waals surface area contributed by atoms with Gasteiger partial charge in [-0.05, 0) is 56.2 Å². The highest BCUT2D eigenvalue weighted by Gasteiger charge is 2.17. The first-order chi connectivity index (χ1) is 11.3. The van der Waals surface area contributed by atoms with Crippen LogP contribution >= 0.6 is 12.4 Å². The molecule has 0 saturated carbocycles. The molecule has 0 spiro atoms. The van der Waals surface area contributed by atoms with Crippen molar-refractivity contribution < 1.29 is 4.74 Å². The molecular formula is C20H27ClN2O. The largest absolute Gasteiger partial charge is 0.489 e. The number of hydrogen-bond donors (Lipinski definition) is 1. The third kappa shape index (κ3) is 5.52. The Kier molecular flexibility index (Phi) is 7.57. The standard InChI is InChI=1S/C20H26N2O.ClH/c1-21-19-10-12-22(13-11-19)15-18-8-5-9-20(14-18)23-16-17-6-3-2-4-7-17;/h2-9,14,19,21H,10-13,15-16H2,1H3;1H. The summed E-state index contributed by atoms with van der Waals surface area (Å²) in [6.45, 7) is 3.97. The van der Waals surface area contributed by atoms with E-state index >= 15 is 0 Å². The van der Waals surface area contributed by atoms with E-state index in [9.17, 15) is 0 Å². The predicted octanol–water partition coefficient (Wildman–Crippen LogP) is 3.87. The fraction of sp³-hybridized carbons (Fsp3) is 0.400. The van der Waals surface area contributed by atoms with Crippen molar-refractivity contribution in [2.24, 2.45) is 0 Å². The van der Waals surface area contributed by atoms with Gasteiger partial charge in [0.1, 0.15) is 12.4 Å². The minimum absolute atomic E-state index is 0. The van der Waals surface area contributed by atoms with Crippen molar-refractivity contribution in [3.8, 4) is 5.75 Å². The van der Waals surface area contributed by atoms with Gasteiger partial charge in [-0.15, -0.1) is 12.4 Å². The number of nitrogens with zero attached hydrogens (tertiary/aromatic N) is 1. The summed E-state index contributed by atoms with van der Waals surface area (Å²) in [5, 5.41) is 3.38. The number of piperidine rings is 1. The second kappa shape index (κ2) is 9.67. The second-order valence-corrected chi connectivity index (χ2v) is 6.26. The van der Waals surface area contributed by atoms with E-state index in [1.807, 2.05) is 24.3 Å². The van der Waals surface area contributed by atoms with Gasteiger partial charge in [0.05, 0.1) is 0 Å². The fourth-order valence-corrected chi connectivity index (χ4v) is 3.11. The molecule has 24 heavy (non-hydrogen) atoms. The first-order valence-electron chi connectivity index (χ1n) is 8.49. The monoisotopic (exact) mass is 346 g/mol. The highest BCUT2D eigenvalue weighted by Crippen LogP contribution is 2.18. The highest BCUT2D eigenvalue weighted by atomic mass is 35.5. The topological polar surface area (TPSA) is 24.5 Å². The predicted molar refractivity (Wildman–Crippen MR) is 102 cm³/mol. The Morgan fingerprint density at radius 3 is 2.42 bits per heavy atom. The number of hydrogen-bond acceptors (Lipinski definition) is 3. The van der Waals surface area contributed by atoms with Gasteiger partial charge >= 0.3 is 0 Å².